The van der Waals surface area contributed by atoms with Crippen molar-refractivity contribution >= 4 is 18.3 Å². The summed E-state index contributed by atoms with van der Waals surface area (Å²) in [6.45, 7) is 1.97. The van der Waals surface area contributed by atoms with Crippen molar-refractivity contribution in [2.75, 3.05) is 26.2 Å². The van der Waals surface area contributed by atoms with Crippen molar-refractivity contribution in [2.45, 2.75) is 25.1 Å². The number of piperidine rings is 1. The van der Waals surface area contributed by atoms with Crippen molar-refractivity contribution in [1.82, 2.24) is 25.6 Å². The first-order valence-corrected chi connectivity index (χ1v) is 8.64. The molecule has 7 nitrogen and oxygen atoms in total. The number of alkyl halides is 3. The van der Waals surface area contributed by atoms with Crippen molar-refractivity contribution in [3.05, 3.63) is 41.7 Å². The van der Waals surface area contributed by atoms with Crippen LogP contribution in [0.15, 0.2) is 30.5 Å². The Hall–Kier alpha value is -2.33. The minimum atomic E-state index is -4.42. The zero-order chi connectivity index (χ0) is 19.3. The highest BCUT2D eigenvalue weighted by Gasteiger charge is 2.30. The molecular weight excluding hydrogens is 399 g/mol. The Balaban J connectivity index is 0.00000280. The first-order valence-electron chi connectivity index (χ1n) is 8.64. The van der Waals surface area contributed by atoms with Gasteiger partial charge in [0, 0.05) is 0 Å². The highest BCUT2D eigenvalue weighted by Crippen LogP contribution is 2.31. The number of hydrogen-bond acceptors (Lipinski definition) is 5. The zero-order valence-electron chi connectivity index (χ0n) is 14.9. The summed E-state index contributed by atoms with van der Waals surface area (Å²) >= 11 is 0. The normalized spacial score (nSPS) is 15.0. The third kappa shape index (κ3) is 5.83. The van der Waals surface area contributed by atoms with Gasteiger partial charge < -0.3 is 15.4 Å². The maximum atomic E-state index is 12.7. The quantitative estimate of drug-likeness (QED) is 0.703. The van der Waals surface area contributed by atoms with Crippen molar-refractivity contribution < 1.29 is 22.7 Å². The van der Waals surface area contributed by atoms with E-state index in [4.69, 9.17) is 4.74 Å². The molecule has 0 spiro atoms. The molecule has 11 heteroatoms. The van der Waals surface area contributed by atoms with Gasteiger partial charge in [-0.15, -0.1) is 17.5 Å². The number of amides is 1. The highest BCUT2D eigenvalue weighted by molar-refractivity contribution is 5.91. The molecule has 0 unspecified atom stereocenters. The Bertz CT molecular complexity index is 778. The van der Waals surface area contributed by atoms with Crippen LogP contribution in [0, 0.1) is 0 Å². The molecule has 0 aliphatic carbocycles. The minimum Gasteiger partial charge on any atom is -0.492 e. The molecule has 1 amide bonds. The van der Waals surface area contributed by atoms with E-state index in [9.17, 15) is 18.0 Å². The van der Waals surface area contributed by atoms with Gasteiger partial charge in [-0.1, -0.05) is 11.3 Å². The number of carbonyl (C=O) groups is 1. The van der Waals surface area contributed by atoms with Gasteiger partial charge in [0.2, 0.25) is 0 Å². The first-order chi connectivity index (χ1) is 12.9. The van der Waals surface area contributed by atoms with Crippen LogP contribution in [0.3, 0.4) is 0 Å². The van der Waals surface area contributed by atoms with E-state index in [2.05, 4.69) is 20.9 Å². The van der Waals surface area contributed by atoms with Crippen molar-refractivity contribution in [2.24, 2.45) is 0 Å². The zero-order valence-corrected chi connectivity index (χ0v) is 15.7. The van der Waals surface area contributed by atoms with Gasteiger partial charge in [0.05, 0.1) is 24.3 Å². The van der Waals surface area contributed by atoms with Gasteiger partial charge in [-0.25, -0.2) is 4.68 Å². The van der Waals surface area contributed by atoms with Crippen LogP contribution in [-0.4, -0.2) is 47.1 Å². The SMILES string of the molecule is Cl.O=C(NCCOc1cccc(C(F)(F)F)c1)c1cn(C2CCNCC2)nn1. The Labute approximate surface area is 166 Å². The van der Waals surface area contributed by atoms with E-state index >= 15 is 0 Å². The molecule has 3 rings (SSSR count). The van der Waals surface area contributed by atoms with Gasteiger partial charge in [-0.05, 0) is 44.1 Å². The van der Waals surface area contributed by atoms with Crippen LogP contribution < -0.4 is 15.4 Å². The predicted molar refractivity (Wildman–Crippen MR) is 97.7 cm³/mol. The fourth-order valence-corrected chi connectivity index (χ4v) is 2.82. The Kier molecular flexibility index (Phi) is 7.64. The number of carbonyl (C=O) groups excluding carboxylic acids is 1. The van der Waals surface area contributed by atoms with Crippen molar-refractivity contribution in [3.8, 4) is 5.75 Å². The van der Waals surface area contributed by atoms with Crippen LogP contribution in [0.2, 0.25) is 0 Å². The third-order valence-electron chi connectivity index (χ3n) is 4.24. The van der Waals surface area contributed by atoms with Gasteiger partial charge >= 0.3 is 6.18 Å². The standard InChI is InChI=1S/C17H20F3N5O2.ClH/c18-17(19,20)12-2-1-3-14(10-12)27-9-8-22-16(26)15-11-25(24-23-15)13-4-6-21-7-5-13;/h1-3,10-11,13,21H,4-9H2,(H,22,26);1H. The predicted octanol–water partition coefficient (Wildman–Crippen LogP) is 2.45. The monoisotopic (exact) mass is 419 g/mol. The molecule has 2 aromatic rings. The van der Waals surface area contributed by atoms with Crippen LogP contribution in [0.25, 0.3) is 0 Å². The largest absolute Gasteiger partial charge is 0.492 e. The average molecular weight is 420 g/mol. The molecule has 28 heavy (non-hydrogen) atoms. The second kappa shape index (κ2) is 9.74. The summed E-state index contributed by atoms with van der Waals surface area (Å²) in [6.07, 6.45) is -0.961. The number of hydrogen-bond donors (Lipinski definition) is 2. The Morgan fingerprint density at radius 1 is 1.32 bits per heavy atom. The van der Waals surface area contributed by atoms with E-state index in [1.807, 2.05) is 0 Å². The maximum Gasteiger partial charge on any atom is 0.416 e. The number of nitrogens with one attached hydrogen (secondary N) is 2. The van der Waals surface area contributed by atoms with Gasteiger partial charge in [0.1, 0.15) is 12.4 Å². The maximum absolute atomic E-state index is 12.7. The number of benzene rings is 1. The molecule has 1 aliphatic heterocycles. The molecule has 0 saturated carbocycles. The van der Waals surface area contributed by atoms with Crippen LogP contribution >= 0.6 is 12.4 Å². The molecule has 2 heterocycles. The minimum absolute atomic E-state index is 0. The van der Waals surface area contributed by atoms with Crippen molar-refractivity contribution in [1.29, 1.82) is 0 Å². The Morgan fingerprint density at radius 3 is 2.79 bits per heavy atom. The highest BCUT2D eigenvalue weighted by atomic mass is 35.5. The molecular formula is C17H21ClF3N5O2. The van der Waals surface area contributed by atoms with Gasteiger partial charge in [-0.2, -0.15) is 13.2 Å². The number of rotatable bonds is 6. The van der Waals surface area contributed by atoms with E-state index in [1.165, 1.54) is 12.1 Å². The van der Waals surface area contributed by atoms with Crippen LogP contribution in [-0.2, 0) is 6.18 Å². The topological polar surface area (TPSA) is 81.1 Å². The summed E-state index contributed by atoms with van der Waals surface area (Å²) in [5.41, 5.74) is -0.578. The molecule has 1 fully saturated rings. The first kappa shape index (κ1) is 22.0. The third-order valence-corrected chi connectivity index (χ3v) is 4.24. The van der Waals surface area contributed by atoms with E-state index in [0.717, 1.165) is 38.1 Å². The second-order valence-electron chi connectivity index (χ2n) is 6.19. The lowest BCUT2D eigenvalue weighted by atomic mass is 10.1. The second-order valence-corrected chi connectivity index (χ2v) is 6.19. The number of aromatic nitrogens is 3. The van der Waals surface area contributed by atoms with Crippen LogP contribution in [0.1, 0.15) is 34.9 Å². The molecule has 2 N–H and O–H groups in total. The fraction of sp³-hybridized carbons (Fsp3) is 0.471. The number of halogens is 4. The average Bonchev–Trinajstić information content (AvgIpc) is 3.16. The molecule has 154 valence electrons. The fourth-order valence-electron chi connectivity index (χ4n) is 2.82. The molecule has 1 aliphatic rings. The van der Waals surface area contributed by atoms with E-state index in [0.29, 0.717) is 0 Å². The number of ether oxygens (including phenoxy) is 1. The molecule has 0 atom stereocenters. The molecule has 1 aromatic carbocycles. The summed E-state index contributed by atoms with van der Waals surface area (Å²) in [6, 6.07) is 4.83. The summed E-state index contributed by atoms with van der Waals surface area (Å²) in [4.78, 5) is 12.1. The summed E-state index contributed by atoms with van der Waals surface area (Å²) in [5, 5.41) is 13.8. The number of nitrogens with zero attached hydrogens (tertiary/aromatic N) is 3. The molecule has 1 saturated heterocycles. The molecule has 0 radical (unpaired) electrons. The lowest BCUT2D eigenvalue weighted by Crippen LogP contribution is -2.30. The van der Waals surface area contributed by atoms with Crippen LogP contribution in [0.5, 0.6) is 5.75 Å². The summed E-state index contributed by atoms with van der Waals surface area (Å²) < 4.78 is 44.9. The Morgan fingerprint density at radius 2 is 2.07 bits per heavy atom. The molecule has 0 bridgehead atoms. The van der Waals surface area contributed by atoms with Crippen molar-refractivity contribution in [3.63, 3.8) is 0 Å². The van der Waals surface area contributed by atoms with Gasteiger partial charge in [0.15, 0.2) is 5.69 Å². The lowest BCUT2D eigenvalue weighted by Gasteiger charge is -2.22. The van der Waals surface area contributed by atoms with Crippen LogP contribution in [0.4, 0.5) is 13.2 Å². The van der Waals surface area contributed by atoms with Gasteiger partial charge in [-0.3, -0.25) is 4.79 Å². The van der Waals surface area contributed by atoms with Gasteiger partial charge in [0.25, 0.3) is 5.91 Å². The van der Waals surface area contributed by atoms with E-state index < -0.39 is 17.6 Å². The van der Waals surface area contributed by atoms with E-state index in [-0.39, 0.29) is 43.0 Å². The smallest absolute Gasteiger partial charge is 0.416 e. The van der Waals surface area contributed by atoms with E-state index in [1.54, 1.807) is 10.9 Å². The lowest BCUT2D eigenvalue weighted by molar-refractivity contribution is -0.137. The molecule has 1 aromatic heterocycles. The summed E-state index contributed by atoms with van der Waals surface area (Å²) in [5.74, 6) is -0.307. The summed E-state index contributed by atoms with van der Waals surface area (Å²) in [7, 11) is 0.